The number of hydrogen-bond acceptors (Lipinski definition) is 24. The van der Waals surface area contributed by atoms with Crippen LogP contribution < -0.4 is 45.0 Å². The first-order chi connectivity index (χ1) is 22.8. The Morgan fingerprint density at radius 3 is 1.30 bits per heavy atom. The number of rotatable bonds is 6. The van der Waals surface area contributed by atoms with Gasteiger partial charge in [-0.1, -0.05) is 0 Å². The van der Waals surface area contributed by atoms with Gasteiger partial charge in [0.05, 0.1) is 0 Å². The van der Waals surface area contributed by atoms with Gasteiger partial charge >= 0.3 is 12.2 Å². The number of nitrogens with one attached hydrogen (secondary N) is 2. The Labute approximate surface area is 280 Å². The quantitative estimate of drug-likeness (QED) is 0.0883. The van der Waals surface area contributed by atoms with E-state index in [0.29, 0.717) is 0 Å². The average molecular weight is 759 g/mol. The largest absolute Gasteiger partial charge is 0.447 e. The van der Waals surface area contributed by atoms with Crippen LogP contribution in [0.3, 0.4) is 0 Å². The van der Waals surface area contributed by atoms with Crippen LogP contribution in [0.25, 0.3) is 0 Å². The van der Waals surface area contributed by atoms with Crippen molar-refractivity contribution < 1.29 is 65.4 Å². The molecule has 2 spiro atoms. The van der Waals surface area contributed by atoms with Crippen LogP contribution in [-0.4, -0.2) is 176 Å². The third-order valence-corrected chi connectivity index (χ3v) is 11.4. The fourth-order valence-electron chi connectivity index (χ4n) is 7.02. The first-order valence-corrected chi connectivity index (χ1v) is 16.9. The highest BCUT2D eigenvalue weighted by Gasteiger charge is 2.77. The van der Waals surface area contributed by atoms with E-state index in [9.17, 15) is 56.0 Å². The second kappa shape index (κ2) is 11.4. The Balaban J connectivity index is 0.000000194. The summed E-state index contributed by atoms with van der Waals surface area (Å²) < 4.78 is 74.5. The molecule has 20 N–H and O–H groups in total. The molecular weight excluding hydrogens is 724 g/mol. The summed E-state index contributed by atoms with van der Waals surface area (Å²) in [4.78, 5) is 39.8. The number of nitrogens with zero attached hydrogens (tertiary/aromatic N) is 6. The van der Waals surface area contributed by atoms with E-state index in [-0.39, 0.29) is 23.8 Å². The number of hydrogen-bond donors (Lipinski definition) is 14. The Hall–Kier alpha value is -4.72. The maximum Gasteiger partial charge on any atom is 0.404 e. The molecular formula is C20H34N14O14S2. The van der Waals surface area contributed by atoms with Crippen molar-refractivity contribution in [3.05, 3.63) is 0 Å². The first kappa shape index (κ1) is 36.6. The SMILES string of the molecule is NC(=O)OC[C@@H]1N=C(N)N2C[C@@H](S(=O)(=O)O)C(O)(O)[C@@]23NC(N)=N[C@@H]13.NC(=O)OC[C@@H]1N=C(N)N2C[C@H](S(=O)(=O)O)C(O)(O)[C@@]23NC(N)=N[C@@H]13. The summed E-state index contributed by atoms with van der Waals surface area (Å²) in [5.41, 5.74) is 28.7. The van der Waals surface area contributed by atoms with Crippen LogP contribution in [0, 0.1) is 0 Å². The third-order valence-electron chi connectivity index (χ3n) is 9.01. The van der Waals surface area contributed by atoms with Crippen LogP contribution in [-0.2, 0) is 29.7 Å². The molecule has 6 rings (SSSR count). The van der Waals surface area contributed by atoms with Gasteiger partial charge in [0.25, 0.3) is 20.2 Å². The van der Waals surface area contributed by atoms with Crippen LogP contribution in [0.4, 0.5) is 9.59 Å². The number of carbonyl (C=O) groups excluding carboxylic acids is 2. The second-order valence-electron chi connectivity index (χ2n) is 11.8. The highest BCUT2D eigenvalue weighted by atomic mass is 32.2. The summed E-state index contributed by atoms with van der Waals surface area (Å²) in [7, 11) is -9.77. The summed E-state index contributed by atoms with van der Waals surface area (Å²) >= 11 is 0. The van der Waals surface area contributed by atoms with E-state index >= 15 is 0 Å². The van der Waals surface area contributed by atoms with E-state index < -0.39 is 116 Å². The zero-order chi connectivity index (χ0) is 37.6. The predicted octanol–water partition coefficient (Wildman–Crippen LogP) is -9.97. The van der Waals surface area contributed by atoms with Crippen LogP contribution in [0.15, 0.2) is 20.0 Å². The summed E-state index contributed by atoms with van der Waals surface area (Å²) in [5.74, 6) is -7.17. The van der Waals surface area contributed by atoms with E-state index in [1.165, 1.54) is 0 Å². The monoisotopic (exact) mass is 758 g/mol. The lowest BCUT2D eigenvalue weighted by atomic mass is 9.86. The van der Waals surface area contributed by atoms with Crippen molar-refractivity contribution in [1.29, 1.82) is 0 Å². The van der Waals surface area contributed by atoms with E-state index in [2.05, 4.69) is 40.1 Å². The molecule has 0 aromatic heterocycles. The van der Waals surface area contributed by atoms with E-state index in [4.69, 9.17) is 34.4 Å². The Morgan fingerprint density at radius 1 is 0.700 bits per heavy atom. The lowest BCUT2D eigenvalue weighted by Crippen LogP contribution is -2.77. The number of carbonyl (C=O) groups is 2. The van der Waals surface area contributed by atoms with Gasteiger partial charge < -0.3 is 84.7 Å². The number of guanidine groups is 4. The number of ether oxygens (including phenoxy) is 2. The van der Waals surface area contributed by atoms with Gasteiger partial charge in [-0.15, -0.1) is 0 Å². The minimum atomic E-state index is -4.89. The molecule has 0 aromatic carbocycles. The molecule has 28 nitrogen and oxygen atoms in total. The van der Waals surface area contributed by atoms with Crippen LogP contribution in [0.1, 0.15) is 0 Å². The molecule has 6 heterocycles. The van der Waals surface area contributed by atoms with Gasteiger partial charge in [-0.3, -0.25) is 9.11 Å². The minimum absolute atomic E-state index is 0.243. The second-order valence-corrected chi connectivity index (χ2v) is 14.9. The van der Waals surface area contributed by atoms with Crippen molar-refractivity contribution in [3.63, 3.8) is 0 Å². The molecule has 8 atom stereocenters. The number of aliphatic imine (C=N–C) groups is 4. The van der Waals surface area contributed by atoms with Gasteiger partial charge in [0.2, 0.25) is 11.6 Å². The fraction of sp³-hybridized carbons (Fsp3) is 0.700. The molecule has 0 bridgehead atoms. The molecule has 0 saturated carbocycles. The Bertz CT molecular complexity index is 1690. The van der Waals surface area contributed by atoms with E-state index in [1.54, 1.807) is 0 Å². The fourth-order valence-corrected chi connectivity index (χ4v) is 8.88. The number of aliphatic hydroxyl groups is 4. The highest BCUT2D eigenvalue weighted by Crippen LogP contribution is 2.48. The van der Waals surface area contributed by atoms with Crippen molar-refractivity contribution in [2.45, 2.75) is 57.6 Å². The van der Waals surface area contributed by atoms with Gasteiger partial charge in [-0.25, -0.2) is 29.6 Å². The average Bonchev–Trinajstić information content (AvgIpc) is 3.64. The predicted molar refractivity (Wildman–Crippen MR) is 163 cm³/mol. The molecule has 2 saturated heterocycles. The van der Waals surface area contributed by atoms with Crippen molar-refractivity contribution in [3.8, 4) is 0 Å². The normalized spacial score (nSPS) is 36.0. The lowest BCUT2D eigenvalue weighted by molar-refractivity contribution is -0.220. The molecule has 2 amide bonds. The summed E-state index contributed by atoms with van der Waals surface area (Å²) in [5, 5.41) is 43.4. The molecule has 6 aliphatic rings. The van der Waals surface area contributed by atoms with E-state index in [0.717, 1.165) is 9.80 Å². The van der Waals surface area contributed by atoms with Crippen LogP contribution >= 0.6 is 0 Å². The van der Waals surface area contributed by atoms with Gasteiger partial charge in [0.1, 0.15) is 37.4 Å². The molecule has 0 aliphatic carbocycles. The van der Waals surface area contributed by atoms with Crippen molar-refractivity contribution in [2.75, 3.05) is 26.3 Å². The van der Waals surface area contributed by atoms with Gasteiger partial charge in [-0.2, -0.15) is 16.8 Å². The molecule has 50 heavy (non-hydrogen) atoms. The molecule has 30 heteroatoms. The Morgan fingerprint density at radius 2 is 1.02 bits per heavy atom. The smallest absolute Gasteiger partial charge is 0.404 e. The molecule has 6 aliphatic heterocycles. The van der Waals surface area contributed by atoms with Gasteiger partial charge in [-0.05, 0) is 0 Å². The maximum absolute atomic E-state index is 11.6. The topological polar surface area (TPSA) is 478 Å². The molecule has 0 radical (unpaired) electrons. The first-order valence-electron chi connectivity index (χ1n) is 13.9. The maximum atomic E-state index is 11.6. The standard InChI is InChI=1S/2C10H17N7O7S/c2*11-6-15-5-3(2-24-8(13)18)14-7(12)17-1-4(25(21,22)23)10(19,20)9(5,17)16-6/h2*3-5,19-20H,1-2H2,(H2,12,14)(H2,13,18)(H3,11,15,16)(H,21,22,23)/t3-,4+,5-,9-;3-,4-,5-,9-/m00/s1. The highest BCUT2D eigenvalue weighted by molar-refractivity contribution is 7.86. The van der Waals surface area contributed by atoms with Crippen molar-refractivity contribution in [2.24, 2.45) is 54.4 Å². The number of amides is 2. The zero-order valence-electron chi connectivity index (χ0n) is 25.2. The van der Waals surface area contributed by atoms with Crippen LogP contribution in [0.5, 0.6) is 0 Å². The summed E-state index contributed by atoms with van der Waals surface area (Å²) in [6.45, 7) is -2.00. The molecule has 0 unspecified atom stereocenters. The molecule has 280 valence electrons. The third kappa shape index (κ3) is 5.26. The van der Waals surface area contributed by atoms with Gasteiger partial charge in [0.15, 0.2) is 45.7 Å². The number of primary amides is 2. The zero-order valence-corrected chi connectivity index (χ0v) is 26.8. The Kier molecular flexibility index (Phi) is 8.34. The molecule has 0 aromatic rings. The summed E-state index contributed by atoms with van der Waals surface area (Å²) in [6.07, 6.45) is -2.20. The lowest BCUT2D eigenvalue weighted by Gasteiger charge is -2.48. The van der Waals surface area contributed by atoms with E-state index in [1.807, 2.05) is 0 Å². The molecule has 2 fully saturated rings. The van der Waals surface area contributed by atoms with Gasteiger partial charge in [0, 0.05) is 13.1 Å². The number of nitrogens with two attached hydrogens (primary N) is 6. The van der Waals surface area contributed by atoms with Crippen LogP contribution in [0.2, 0.25) is 0 Å². The minimum Gasteiger partial charge on any atom is -0.447 e. The summed E-state index contributed by atoms with van der Waals surface area (Å²) in [6, 6.07) is -4.45. The van der Waals surface area contributed by atoms with Crippen molar-refractivity contribution >= 4 is 56.3 Å². The van der Waals surface area contributed by atoms with Crippen molar-refractivity contribution in [1.82, 2.24) is 20.4 Å².